The van der Waals surface area contributed by atoms with Gasteiger partial charge in [-0.25, -0.2) is 4.68 Å². The second kappa shape index (κ2) is 9.08. The number of anilines is 1. The van der Waals surface area contributed by atoms with Crippen molar-refractivity contribution in [1.29, 1.82) is 0 Å². The number of hydrogen-bond acceptors (Lipinski definition) is 3. The Morgan fingerprint density at radius 2 is 2.08 bits per heavy atom. The predicted molar refractivity (Wildman–Crippen MR) is 94.4 cm³/mol. The molecule has 7 heteroatoms. The molecule has 0 aliphatic heterocycles. The molecule has 6 nitrogen and oxygen atoms in total. The van der Waals surface area contributed by atoms with Gasteiger partial charge in [-0.2, -0.15) is 5.10 Å². The molecule has 1 aromatic carbocycles. The highest BCUT2D eigenvalue weighted by molar-refractivity contribution is 6.31. The molecule has 1 aromatic heterocycles. The third-order valence-electron chi connectivity index (χ3n) is 3.44. The van der Waals surface area contributed by atoms with Gasteiger partial charge in [-0.3, -0.25) is 9.59 Å². The second-order valence-corrected chi connectivity index (χ2v) is 5.89. The first-order chi connectivity index (χ1) is 11.6. The van der Waals surface area contributed by atoms with Crippen LogP contribution in [0, 0.1) is 0 Å². The number of unbranched alkanes of at least 4 members (excludes halogenated alkanes) is 2. The molecule has 0 atom stereocenters. The standard InChI is InChI=1S/C17H21ClN4O2/c1-13(23)19-9-4-2-3-6-17(24)21-15-12-14(18)7-8-16(15)22-11-5-10-20-22/h5,7-8,10-12H,2-4,6,9H2,1H3,(H,19,23)(H,21,24). The molecular weight excluding hydrogens is 328 g/mol. The van der Waals surface area contributed by atoms with Gasteiger partial charge in [-0.1, -0.05) is 18.0 Å². The van der Waals surface area contributed by atoms with Crippen molar-refractivity contribution in [1.82, 2.24) is 15.1 Å². The lowest BCUT2D eigenvalue weighted by Crippen LogP contribution is -2.20. The number of rotatable bonds is 8. The summed E-state index contributed by atoms with van der Waals surface area (Å²) in [4.78, 5) is 22.9. The Hall–Kier alpha value is -2.34. The maximum Gasteiger partial charge on any atom is 0.224 e. The first-order valence-corrected chi connectivity index (χ1v) is 8.28. The van der Waals surface area contributed by atoms with E-state index >= 15 is 0 Å². The van der Waals surface area contributed by atoms with Crippen LogP contribution in [0.4, 0.5) is 5.69 Å². The number of carbonyl (C=O) groups is 2. The molecule has 0 bridgehead atoms. The molecule has 0 unspecified atom stereocenters. The van der Waals surface area contributed by atoms with Crippen LogP contribution in [0.25, 0.3) is 5.69 Å². The Bertz CT molecular complexity index is 686. The number of carbonyl (C=O) groups excluding carboxylic acids is 2. The van der Waals surface area contributed by atoms with Crippen molar-refractivity contribution in [2.75, 3.05) is 11.9 Å². The monoisotopic (exact) mass is 348 g/mol. The number of aromatic nitrogens is 2. The van der Waals surface area contributed by atoms with E-state index in [0.717, 1.165) is 24.9 Å². The molecule has 0 radical (unpaired) electrons. The summed E-state index contributed by atoms with van der Waals surface area (Å²) in [5, 5.41) is 10.4. The van der Waals surface area contributed by atoms with Crippen molar-refractivity contribution in [2.24, 2.45) is 0 Å². The molecule has 0 aliphatic rings. The van der Waals surface area contributed by atoms with E-state index < -0.39 is 0 Å². The quantitative estimate of drug-likeness (QED) is 0.719. The van der Waals surface area contributed by atoms with Crippen LogP contribution in [0.1, 0.15) is 32.6 Å². The molecule has 2 N–H and O–H groups in total. The molecule has 0 spiro atoms. The van der Waals surface area contributed by atoms with Gasteiger partial charge in [-0.05, 0) is 37.1 Å². The van der Waals surface area contributed by atoms with Crippen LogP contribution in [0.2, 0.25) is 5.02 Å². The summed E-state index contributed by atoms with van der Waals surface area (Å²) in [6.45, 7) is 2.14. The fourth-order valence-corrected chi connectivity index (χ4v) is 2.46. The highest BCUT2D eigenvalue weighted by Crippen LogP contribution is 2.24. The molecule has 2 aromatic rings. The lowest BCUT2D eigenvalue weighted by Gasteiger charge is -2.12. The molecule has 0 fully saturated rings. The lowest BCUT2D eigenvalue weighted by atomic mass is 10.2. The molecular formula is C17H21ClN4O2. The van der Waals surface area contributed by atoms with Crippen molar-refractivity contribution in [3.8, 4) is 5.69 Å². The maximum absolute atomic E-state index is 12.1. The molecule has 24 heavy (non-hydrogen) atoms. The van der Waals surface area contributed by atoms with Gasteiger partial charge in [0, 0.05) is 37.3 Å². The summed E-state index contributed by atoms with van der Waals surface area (Å²) >= 11 is 6.03. The van der Waals surface area contributed by atoms with E-state index in [4.69, 9.17) is 11.6 Å². The summed E-state index contributed by atoms with van der Waals surface area (Å²) in [6.07, 6.45) is 6.42. The van der Waals surface area contributed by atoms with Gasteiger partial charge in [0.25, 0.3) is 0 Å². The zero-order valence-corrected chi connectivity index (χ0v) is 14.3. The number of nitrogens with zero attached hydrogens (tertiary/aromatic N) is 2. The normalized spacial score (nSPS) is 10.4. The minimum atomic E-state index is -0.0646. The molecule has 0 aliphatic carbocycles. The van der Waals surface area contributed by atoms with Crippen LogP contribution < -0.4 is 10.6 Å². The van der Waals surface area contributed by atoms with Crippen molar-refractivity contribution >= 4 is 29.1 Å². The number of amides is 2. The van der Waals surface area contributed by atoms with Gasteiger partial charge in [0.2, 0.25) is 11.8 Å². The molecule has 0 saturated carbocycles. The van der Waals surface area contributed by atoms with Gasteiger partial charge in [0.1, 0.15) is 0 Å². The van der Waals surface area contributed by atoms with E-state index in [-0.39, 0.29) is 11.8 Å². The largest absolute Gasteiger partial charge is 0.356 e. The van der Waals surface area contributed by atoms with E-state index in [1.807, 2.05) is 12.1 Å². The van der Waals surface area contributed by atoms with Gasteiger partial charge in [0.15, 0.2) is 0 Å². The number of nitrogens with one attached hydrogen (secondary N) is 2. The topological polar surface area (TPSA) is 76.0 Å². The lowest BCUT2D eigenvalue weighted by molar-refractivity contribution is -0.119. The Morgan fingerprint density at radius 3 is 2.79 bits per heavy atom. The SMILES string of the molecule is CC(=O)NCCCCCC(=O)Nc1cc(Cl)ccc1-n1cccn1. The van der Waals surface area contributed by atoms with Crippen molar-refractivity contribution in [3.05, 3.63) is 41.7 Å². The minimum Gasteiger partial charge on any atom is -0.356 e. The average molecular weight is 349 g/mol. The Kier molecular flexibility index (Phi) is 6.81. The summed E-state index contributed by atoms with van der Waals surface area (Å²) in [5.41, 5.74) is 1.40. The van der Waals surface area contributed by atoms with E-state index in [2.05, 4.69) is 15.7 Å². The van der Waals surface area contributed by atoms with Crippen molar-refractivity contribution in [2.45, 2.75) is 32.6 Å². The molecule has 0 saturated heterocycles. The van der Waals surface area contributed by atoms with E-state index in [0.29, 0.717) is 23.7 Å². The minimum absolute atomic E-state index is 0.0279. The number of hydrogen-bond donors (Lipinski definition) is 2. The third-order valence-corrected chi connectivity index (χ3v) is 3.67. The Balaban J connectivity index is 1.85. The van der Waals surface area contributed by atoms with Crippen LogP contribution >= 0.6 is 11.6 Å². The first kappa shape index (κ1) is 18.0. The number of halogens is 1. The second-order valence-electron chi connectivity index (χ2n) is 5.45. The van der Waals surface area contributed by atoms with Crippen LogP contribution in [-0.2, 0) is 9.59 Å². The Labute approximate surface area is 146 Å². The summed E-state index contributed by atoms with van der Waals surface area (Å²) in [5.74, 6) is -0.0925. The van der Waals surface area contributed by atoms with E-state index in [1.165, 1.54) is 6.92 Å². The van der Waals surface area contributed by atoms with E-state index in [9.17, 15) is 9.59 Å². The molecule has 2 rings (SSSR count). The zero-order chi connectivity index (χ0) is 17.4. The van der Waals surface area contributed by atoms with Gasteiger partial charge in [-0.15, -0.1) is 0 Å². The van der Waals surface area contributed by atoms with E-state index in [1.54, 1.807) is 29.2 Å². The first-order valence-electron chi connectivity index (χ1n) is 7.90. The van der Waals surface area contributed by atoms with Crippen molar-refractivity contribution < 1.29 is 9.59 Å². The van der Waals surface area contributed by atoms with Crippen LogP contribution in [0.15, 0.2) is 36.7 Å². The molecule has 128 valence electrons. The third kappa shape index (κ3) is 5.70. The van der Waals surface area contributed by atoms with Crippen LogP contribution in [0.3, 0.4) is 0 Å². The fourth-order valence-electron chi connectivity index (χ4n) is 2.28. The van der Waals surface area contributed by atoms with Crippen LogP contribution in [-0.4, -0.2) is 28.1 Å². The van der Waals surface area contributed by atoms with Crippen molar-refractivity contribution in [3.63, 3.8) is 0 Å². The molecule has 2 amide bonds. The Morgan fingerprint density at radius 1 is 1.25 bits per heavy atom. The van der Waals surface area contributed by atoms with Gasteiger partial charge >= 0.3 is 0 Å². The van der Waals surface area contributed by atoms with Gasteiger partial charge in [0.05, 0.1) is 11.4 Å². The molecule has 1 heterocycles. The summed E-state index contributed by atoms with van der Waals surface area (Å²) < 4.78 is 1.68. The number of benzene rings is 1. The highest BCUT2D eigenvalue weighted by Gasteiger charge is 2.09. The smallest absolute Gasteiger partial charge is 0.224 e. The summed E-state index contributed by atoms with van der Waals surface area (Å²) in [6, 6.07) is 7.11. The average Bonchev–Trinajstić information content (AvgIpc) is 3.04. The predicted octanol–water partition coefficient (Wildman–Crippen LogP) is 3.16. The van der Waals surface area contributed by atoms with Crippen LogP contribution in [0.5, 0.6) is 0 Å². The summed E-state index contributed by atoms with van der Waals surface area (Å²) in [7, 11) is 0. The van der Waals surface area contributed by atoms with Gasteiger partial charge < -0.3 is 10.6 Å². The zero-order valence-electron chi connectivity index (χ0n) is 13.6. The highest BCUT2D eigenvalue weighted by atomic mass is 35.5. The maximum atomic E-state index is 12.1. The fraction of sp³-hybridized carbons (Fsp3) is 0.353.